The van der Waals surface area contributed by atoms with Crippen LogP contribution in [-0.2, 0) is 14.8 Å². The molecule has 2 aliphatic heterocycles. The number of aromatic nitrogens is 1. The number of amides is 1. The van der Waals surface area contributed by atoms with Crippen molar-refractivity contribution in [3.8, 4) is 0 Å². The molecule has 1 aromatic heterocycles. The number of morpholine rings is 1. The van der Waals surface area contributed by atoms with E-state index < -0.39 is 21.7 Å². The Kier molecular flexibility index (Phi) is 7.82. The van der Waals surface area contributed by atoms with Gasteiger partial charge in [0, 0.05) is 50.9 Å². The zero-order valence-electron chi connectivity index (χ0n) is 20.2. The third-order valence-corrected chi connectivity index (χ3v) is 9.58. The first-order valence-corrected chi connectivity index (χ1v) is 14.6. The molecule has 2 fully saturated rings. The first kappa shape index (κ1) is 26.1. The Labute approximate surface area is 218 Å². The van der Waals surface area contributed by atoms with Gasteiger partial charge < -0.3 is 4.74 Å². The van der Waals surface area contributed by atoms with Gasteiger partial charge in [0.2, 0.25) is 10.0 Å². The van der Waals surface area contributed by atoms with Gasteiger partial charge in [-0.2, -0.15) is 4.31 Å². The SMILES string of the molecule is O=C(c1ccc(S(=O)(=O)N2CCCC2)cc1)N(CCCN1CCOCC1)c1nc2c(F)cc(F)cc2s1. The lowest BCUT2D eigenvalue weighted by Crippen LogP contribution is -2.39. The van der Waals surface area contributed by atoms with Crippen molar-refractivity contribution in [2.45, 2.75) is 24.2 Å². The zero-order valence-corrected chi connectivity index (χ0v) is 21.9. The number of thiazole rings is 1. The molecule has 2 aromatic carbocycles. The highest BCUT2D eigenvalue weighted by Crippen LogP contribution is 2.32. The van der Waals surface area contributed by atoms with E-state index in [1.807, 2.05) is 0 Å². The number of rotatable bonds is 8. The molecular weight excluding hydrogens is 522 g/mol. The average molecular weight is 551 g/mol. The van der Waals surface area contributed by atoms with Gasteiger partial charge in [0.15, 0.2) is 10.9 Å². The molecule has 198 valence electrons. The Bertz CT molecular complexity index is 1370. The maximum absolute atomic E-state index is 14.3. The topological polar surface area (TPSA) is 83.1 Å². The third-order valence-electron chi connectivity index (χ3n) is 6.64. The average Bonchev–Trinajstić information content (AvgIpc) is 3.58. The van der Waals surface area contributed by atoms with Gasteiger partial charge >= 0.3 is 0 Å². The number of sulfonamides is 1. The van der Waals surface area contributed by atoms with Gasteiger partial charge in [-0.05, 0) is 49.6 Å². The maximum Gasteiger partial charge on any atom is 0.260 e. The molecular formula is C25H28F2N4O4S2. The minimum Gasteiger partial charge on any atom is -0.379 e. The number of carbonyl (C=O) groups excluding carboxylic acids is 1. The molecule has 0 bridgehead atoms. The lowest BCUT2D eigenvalue weighted by Gasteiger charge is -2.27. The molecule has 37 heavy (non-hydrogen) atoms. The van der Waals surface area contributed by atoms with E-state index in [4.69, 9.17) is 4.74 Å². The Balaban J connectivity index is 1.40. The molecule has 0 N–H and O–H groups in total. The van der Waals surface area contributed by atoms with Crippen LogP contribution in [0.4, 0.5) is 13.9 Å². The molecule has 0 saturated carbocycles. The fourth-order valence-corrected chi connectivity index (χ4v) is 7.17. The molecule has 5 rings (SSSR count). The van der Waals surface area contributed by atoms with E-state index in [0.717, 1.165) is 49.9 Å². The first-order valence-electron chi connectivity index (χ1n) is 12.3. The lowest BCUT2D eigenvalue weighted by atomic mass is 10.2. The Morgan fingerprint density at radius 1 is 1.05 bits per heavy atom. The Morgan fingerprint density at radius 3 is 2.46 bits per heavy atom. The van der Waals surface area contributed by atoms with Gasteiger partial charge in [-0.1, -0.05) is 11.3 Å². The van der Waals surface area contributed by atoms with Crippen molar-refractivity contribution in [1.82, 2.24) is 14.2 Å². The third kappa shape index (κ3) is 5.68. The minimum absolute atomic E-state index is 0.0134. The summed E-state index contributed by atoms with van der Waals surface area (Å²) in [6.07, 6.45) is 2.31. The van der Waals surface area contributed by atoms with E-state index in [9.17, 15) is 22.0 Å². The normalized spacial score (nSPS) is 17.5. The molecule has 2 aliphatic rings. The fraction of sp³-hybridized carbons (Fsp3) is 0.440. The molecule has 0 atom stereocenters. The number of hydrogen-bond acceptors (Lipinski definition) is 7. The molecule has 3 aromatic rings. The largest absolute Gasteiger partial charge is 0.379 e. The lowest BCUT2D eigenvalue weighted by molar-refractivity contribution is 0.0376. The Hall–Kier alpha value is -2.51. The van der Waals surface area contributed by atoms with E-state index >= 15 is 0 Å². The smallest absolute Gasteiger partial charge is 0.260 e. The predicted molar refractivity (Wildman–Crippen MR) is 138 cm³/mol. The van der Waals surface area contributed by atoms with Gasteiger partial charge in [0.05, 0.1) is 22.8 Å². The molecule has 0 spiro atoms. The van der Waals surface area contributed by atoms with E-state index in [1.165, 1.54) is 39.5 Å². The molecule has 12 heteroatoms. The summed E-state index contributed by atoms with van der Waals surface area (Å²) in [5.74, 6) is -1.87. The first-order chi connectivity index (χ1) is 17.8. The van der Waals surface area contributed by atoms with Crippen molar-refractivity contribution in [2.24, 2.45) is 0 Å². The number of halogens is 2. The minimum atomic E-state index is -3.60. The number of benzene rings is 2. The summed E-state index contributed by atoms with van der Waals surface area (Å²) in [6, 6.07) is 7.85. The molecule has 1 amide bonds. The van der Waals surface area contributed by atoms with Gasteiger partial charge in [0.1, 0.15) is 11.3 Å². The number of fused-ring (bicyclic) bond motifs is 1. The molecule has 0 unspecified atom stereocenters. The molecule has 0 radical (unpaired) electrons. The van der Waals surface area contributed by atoms with Crippen LogP contribution >= 0.6 is 11.3 Å². The second kappa shape index (κ2) is 11.1. The van der Waals surface area contributed by atoms with Gasteiger partial charge in [0.25, 0.3) is 5.91 Å². The van der Waals surface area contributed by atoms with E-state index in [2.05, 4.69) is 9.88 Å². The Morgan fingerprint density at radius 2 is 1.76 bits per heavy atom. The van der Waals surface area contributed by atoms with Crippen molar-refractivity contribution in [2.75, 3.05) is 57.4 Å². The van der Waals surface area contributed by atoms with E-state index in [1.54, 1.807) is 0 Å². The van der Waals surface area contributed by atoms with Crippen LogP contribution in [0.25, 0.3) is 10.2 Å². The van der Waals surface area contributed by atoms with Crippen molar-refractivity contribution in [3.63, 3.8) is 0 Å². The van der Waals surface area contributed by atoms with Crippen molar-refractivity contribution in [1.29, 1.82) is 0 Å². The standard InChI is InChI=1S/C25H28F2N4O4S2/c26-19-16-21(27)23-22(17-19)36-25(28-23)31(11-3-8-29-12-14-35-15-13-29)24(32)18-4-6-20(7-5-18)37(33,34)30-9-1-2-10-30/h4-7,16-17H,1-3,8-15H2. The second-order valence-electron chi connectivity index (χ2n) is 9.13. The van der Waals surface area contributed by atoms with Gasteiger partial charge in [-0.3, -0.25) is 14.6 Å². The van der Waals surface area contributed by atoms with E-state index in [-0.39, 0.29) is 27.0 Å². The highest BCUT2D eigenvalue weighted by Gasteiger charge is 2.28. The van der Waals surface area contributed by atoms with Crippen molar-refractivity contribution < 1.29 is 26.7 Å². The van der Waals surface area contributed by atoms with Crippen LogP contribution in [-0.4, -0.2) is 81.0 Å². The monoisotopic (exact) mass is 550 g/mol. The molecule has 8 nitrogen and oxygen atoms in total. The van der Waals surface area contributed by atoms with Crippen LogP contribution in [0.3, 0.4) is 0 Å². The number of carbonyl (C=O) groups is 1. The van der Waals surface area contributed by atoms with Crippen LogP contribution < -0.4 is 4.90 Å². The van der Waals surface area contributed by atoms with Crippen LogP contribution in [0.5, 0.6) is 0 Å². The van der Waals surface area contributed by atoms with Crippen LogP contribution in [0.2, 0.25) is 0 Å². The summed E-state index contributed by atoms with van der Waals surface area (Å²) in [6.45, 7) is 5.00. The number of anilines is 1. The second-order valence-corrected chi connectivity index (χ2v) is 12.1. The highest BCUT2D eigenvalue weighted by atomic mass is 32.2. The highest BCUT2D eigenvalue weighted by molar-refractivity contribution is 7.89. The van der Waals surface area contributed by atoms with Crippen LogP contribution in [0, 0.1) is 11.6 Å². The maximum atomic E-state index is 14.3. The van der Waals surface area contributed by atoms with Crippen molar-refractivity contribution in [3.05, 3.63) is 53.6 Å². The summed E-state index contributed by atoms with van der Waals surface area (Å²) in [5, 5.41) is 0.264. The van der Waals surface area contributed by atoms with Crippen LogP contribution in [0.15, 0.2) is 41.3 Å². The predicted octanol–water partition coefficient (Wildman–Crippen LogP) is 3.73. The molecule has 2 saturated heterocycles. The van der Waals surface area contributed by atoms with Crippen molar-refractivity contribution >= 4 is 42.6 Å². The molecule has 3 heterocycles. The fourth-order valence-electron chi connectivity index (χ4n) is 4.63. The number of nitrogens with zero attached hydrogens (tertiary/aromatic N) is 4. The number of hydrogen-bond donors (Lipinski definition) is 0. The van der Waals surface area contributed by atoms with Crippen LogP contribution in [0.1, 0.15) is 29.6 Å². The number of ether oxygens (including phenoxy) is 1. The van der Waals surface area contributed by atoms with Gasteiger partial charge in [-0.15, -0.1) is 0 Å². The van der Waals surface area contributed by atoms with Gasteiger partial charge in [-0.25, -0.2) is 22.2 Å². The summed E-state index contributed by atoms with van der Waals surface area (Å²) in [4.78, 5) is 21.8. The quantitative estimate of drug-likeness (QED) is 0.425. The summed E-state index contributed by atoms with van der Waals surface area (Å²) in [5.41, 5.74) is 0.303. The summed E-state index contributed by atoms with van der Waals surface area (Å²) >= 11 is 1.04. The zero-order chi connectivity index (χ0) is 26.0. The van der Waals surface area contributed by atoms with E-state index in [0.29, 0.717) is 44.0 Å². The molecule has 0 aliphatic carbocycles. The summed E-state index contributed by atoms with van der Waals surface area (Å²) in [7, 11) is -3.60. The summed E-state index contributed by atoms with van der Waals surface area (Å²) < 4.78 is 61.0.